The van der Waals surface area contributed by atoms with Gasteiger partial charge in [0.05, 0.1) is 10.5 Å². The van der Waals surface area contributed by atoms with Crippen LogP contribution in [0.15, 0.2) is 6.07 Å². The third kappa shape index (κ3) is 3.15. The number of aromatic nitrogens is 1. The molecule has 1 aromatic heterocycles. The fourth-order valence-corrected chi connectivity index (χ4v) is 3.96. The van der Waals surface area contributed by atoms with Gasteiger partial charge in [0.15, 0.2) is 22.6 Å². The van der Waals surface area contributed by atoms with Crippen LogP contribution in [0, 0.1) is 17.5 Å². The van der Waals surface area contributed by atoms with Crippen LogP contribution in [-0.4, -0.2) is 25.0 Å². The van der Waals surface area contributed by atoms with Gasteiger partial charge < -0.3 is 0 Å². The normalized spacial score (nSPS) is 12.0. The van der Waals surface area contributed by atoms with E-state index < -0.39 is 33.0 Å². The Labute approximate surface area is 121 Å². The molecule has 110 valence electrons. The molecule has 0 aliphatic heterocycles. The van der Waals surface area contributed by atoms with E-state index in [9.17, 15) is 21.6 Å². The summed E-state index contributed by atoms with van der Waals surface area (Å²) in [4.78, 5) is 3.62. The van der Waals surface area contributed by atoms with Gasteiger partial charge in [0.2, 0.25) is 10.0 Å². The molecule has 10 heteroatoms. The standard InChI is InChI=1S/C10H8ClF3N2O2S2/c11-2-1-3-20(17,18)16-10-15-9-6(19-10)4-5(12)7(13)8(9)14/h4H,1-3H2,(H,15,16). The lowest BCUT2D eigenvalue weighted by molar-refractivity contribution is 0.453. The molecule has 20 heavy (non-hydrogen) atoms. The van der Waals surface area contributed by atoms with Gasteiger partial charge in [0.25, 0.3) is 0 Å². The molecule has 0 aliphatic rings. The van der Waals surface area contributed by atoms with E-state index in [4.69, 9.17) is 11.6 Å². The summed E-state index contributed by atoms with van der Waals surface area (Å²) in [5.41, 5.74) is -0.413. The molecule has 2 rings (SSSR count). The van der Waals surface area contributed by atoms with Crippen molar-refractivity contribution in [1.82, 2.24) is 4.98 Å². The van der Waals surface area contributed by atoms with Gasteiger partial charge >= 0.3 is 0 Å². The van der Waals surface area contributed by atoms with Crippen LogP contribution in [0.3, 0.4) is 0 Å². The van der Waals surface area contributed by atoms with E-state index in [-0.39, 0.29) is 27.9 Å². The molecule has 0 unspecified atom stereocenters. The highest BCUT2D eigenvalue weighted by atomic mass is 35.5. The molecule has 0 radical (unpaired) electrons. The summed E-state index contributed by atoms with van der Waals surface area (Å²) in [6.07, 6.45) is 0.236. The first kappa shape index (κ1) is 15.3. The highest BCUT2D eigenvalue weighted by Crippen LogP contribution is 2.30. The monoisotopic (exact) mass is 344 g/mol. The Morgan fingerprint density at radius 2 is 2.00 bits per heavy atom. The van der Waals surface area contributed by atoms with Crippen LogP contribution in [0.4, 0.5) is 18.3 Å². The first-order valence-electron chi connectivity index (χ1n) is 5.34. The van der Waals surface area contributed by atoms with Crippen molar-refractivity contribution < 1.29 is 21.6 Å². The van der Waals surface area contributed by atoms with E-state index in [1.807, 2.05) is 0 Å². The molecule has 0 saturated carbocycles. The molecule has 0 atom stereocenters. The second-order valence-corrected chi connectivity index (χ2v) is 7.07. The van der Waals surface area contributed by atoms with E-state index in [2.05, 4.69) is 9.71 Å². The van der Waals surface area contributed by atoms with Crippen LogP contribution in [0.5, 0.6) is 0 Å². The van der Waals surface area contributed by atoms with Crippen molar-refractivity contribution in [3.8, 4) is 0 Å². The van der Waals surface area contributed by atoms with Crippen molar-refractivity contribution in [2.45, 2.75) is 6.42 Å². The van der Waals surface area contributed by atoms with Gasteiger partial charge in [-0.15, -0.1) is 11.6 Å². The van der Waals surface area contributed by atoms with Gasteiger partial charge in [0, 0.05) is 5.88 Å². The maximum atomic E-state index is 13.4. The Morgan fingerprint density at radius 1 is 1.30 bits per heavy atom. The predicted molar refractivity (Wildman–Crippen MR) is 72.2 cm³/mol. The number of fused-ring (bicyclic) bond motifs is 1. The Balaban J connectivity index is 2.36. The molecule has 4 nitrogen and oxygen atoms in total. The predicted octanol–water partition coefficient (Wildman–Crippen LogP) is 3.08. The maximum absolute atomic E-state index is 13.4. The van der Waals surface area contributed by atoms with Gasteiger partial charge in [-0.3, -0.25) is 4.72 Å². The molecule has 1 N–H and O–H groups in total. The van der Waals surface area contributed by atoms with Crippen LogP contribution >= 0.6 is 22.9 Å². The van der Waals surface area contributed by atoms with Gasteiger partial charge in [-0.2, -0.15) is 0 Å². The number of benzene rings is 1. The first-order valence-corrected chi connectivity index (χ1v) is 8.35. The average molecular weight is 345 g/mol. The molecular formula is C10H8ClF3N2O2S2. The molecule has 0 amide bonds. The third-order valence-corrected chi connectivity index (χ3v) is 4.96. The van der Waals surface area contributed by atoms with Gasteiger partial charge in [-0.05, 0) is 12.5 Å². The quantitative estimate of drug-likeness (QED) is 0.670. The lowest BCUT2D eigenvalue weighted by Gasteiger charge is -2.02. The summed E-state index contributed by atoms with van der Waals surface area (Å²) in [6, 6.07) is 0.766. The smallest absolute Gasteiger partial charge is 0.234 e. The van der Waals surface area contributed by atoms with Crippen LogP contribution < -0.4 is 4.72 Å². The second-order valence-electron chi connectivity index (χ2n) is 3.82. The molecule has 1 aromatic carbocycles. The van der Waals surface area contributed by atoms with E-state index >= 15 is 0 Å². The van der Waals surface area contributed by atoms with Gasteiger partial charge in [-0.1, -0.05) is 11.3 Å². The van der Waals surface area contributed by atoms with Crippen molar-refractivity contribution >= 4 is 48.3 Å². The number of anilines is 1. The minimum absolute atomic E-state index is 0.0106. The number of halogens is 4. The molecular weight excluding hydrogens is 337 g/mol. The minimum atomic E-state index is -3.67. The second kappa shape index (κ2) is 5.74. The van der Waals surface area contributed by atoms with Crippen molar-refractivity contribution in [2.24, 2.45) is 0 Å². The van der Waals surface area contributed by atoms with E-state index in [0.29, 0.717) is 11.3 Å². The number of hydrogen-bond donors (Lipinski definition) is 1. The Morgan fingerprint density at radius 3 is 2.65 bits per heavy atom. The van der Waals surface area contributed by atoms with Gasteiger partial charge in [-0.25, -0.2) is 26.6 Å². The van der Waals surface area contributed by atoms with Crippen LogP contribution in [-0.2, 0) is 10.0 Å². The highest BCUT2D eigenvalue weighted by molar-refractivity contribution is 7.92. The molecule has 0 fully saturated rings. The number of rotatable bonds is 5. The maximum Gasteiger partial charge on any atom is 0.234 e. The van der Waals surface area contributed by atoms with Crippen LogP contribution in [0.1, 0.15) is 6.42 Å². The third-order valence-electron chi connectivity index (χ3n) is 2.31. The highest BCUT2D eigenvalue weighted by Gasteiger charge is 2.19. The number of nitrogens with zero attached hydrogens (tertiary/aromatic N) is 1. The summed E-state index contributed by atoms with van der Waals surface area (Å²) < 4.78 is 64.9. The van der Waals surface area contributed by atoms with E-state index in [0.717, 1.165) is 6.07 Å². The zero-order valence-electron chi connectivity index (χ0n) is 9.79. The lowest BCUT2D eigenvalue weighted by atomic mass is 10.3. The molecule has 0 aliphatic carbocycles. The zero-order valence-corrected chi connectivity index (χ0v) is 12.2. The fourth-order valence-electron chi connectivity index (χ4n) is 1.45. The number of thiazole rings is 1. The summed E-state index contributed by atoms with van der Waals surface area (Å²) >= 11 is 6.11. The Kier molecular flexibility index (Phi) is 4.40. The van der Waals surface area contributed by atoms with Gasteiger partial charge in [0.1, 0.15) is 5.52 Å². The van der Waals surface area contributed by atoms with Crippen molar-refractivity contribution in [3.05, 3.63) is 23.5 Å². The number of sulfonamides is 1. The fraction of sp³-hybridized carbons (Fsp3) is 0.300. The SMILES string of the molecule is O=S(=O)(CCCCl)Nc1nc2c(F)c(F)c(F)cc2s1. The summed E-state index contributed by atoms with van der Waals surface area (Å²) in [7, 11) is -3.67. The van der Waals surface area contributed by atoms with E-state index in [1.165, 1.54) is 0 Å². The largest absolute Gasteiger partial charge is 0.259 e. The number of alkyl halides is 1. The summed E-state index contributed by atoms with van der Waals surface area (Å²) in [6.45, 7) is 0. The van der Waals surface area contributed by atoms with Crippen LogP contribution in [0.2, 0.25) is 0 Å². The molecule has 1 heterocycles. The van der Waals surface area contributed by atoms with Crippen molar-refractivity contribution in [2.75, 3.05) is 16.4 Å². The molecule has 0 spiro atoms. The first-order chi connectivity index (χ1) is 9.34. The topological polar surface area (TPSA) is 59.1 Å². The minimum Gasteiger partial charge on any atom is -0.259 e. The number of hydrogen-bond acceptors (Lipinski definition) is 4. The molecule has 2 aromatic rings. The number of nitrogens with one attached hydrogen (secondary N) is 1. The van der Waals surface area contributed by atoms with E-state index in [1.54, 1.807) is 0 Å². The molecule has 0 bridgehead atoms. The Hall–Kier alpha value is -1.06. The van der Waals surface area contributed by atoms with Crippen molar-refractivity contribution in [3.63, 3.8) is 0 Å². The Bertz CT molecular complexity index is 749. The van der Waals surface area contributed by atoms with Crippen LogP contribution in [0.25, 0.3) is 10.2 Å². The summed E-state index contributed by atoms with van der Waals surface area (Å²) in [5, 5.41) is -0.154. The molecule has 0 saturated heterocycles. The lowest BCUT2D eigenvalue weighted by Crippen LogP contribution is -2.16. The zero-order chi connectivity index (χ0) is 14.9. The summed E-state index contributed by atoms with van der Waals surface area (Å²) in [5.74, 6) is -4.49. The average Bonchev–Trinajstić information content (AvgIpc) is 2.75. The van der Waals surface area contributed by atoms with Crippen molar-refractivity contribution in [1.29, 1.82) is 0 Å².